The molecular weight excluding hydrogens is 280 g/mol. The Morgan fingerprint density at radius 1 is 1.80 bits per heavy atom. The molecule has 1 N–H and O–H groups in total. The van der Waals surface area contributed by atoms with Crippen molar-refractivity contribution in [2.45, 2.75) is 19.4 Å². The topological polar surface area (TPSA) is 51.2 Å². The lowest BCUT2D eigenvalue weighted by Gasteiger charge is -2.12. The fourth-order valence-electron chi connectivity index (χ4n) is 1.59. The lowest BCUT2D eigenvalue weighted by molar-refractivity contribution is -0.121. The van der Waals surface area contributed by atoms with E-state index < -0.39 is 0 Å². The number of hydrogen-bond donors (Lipinski definition) is 1. The van der Waals surface area contributed by atoms with Crippen molar-refractivity contribution in [2.24, 2.45) is 5.92 Å². The Labute approximate surface area is 100 Å². The van der Waals surface area contributed by atoms with E-state index in [1.165, 1.54) is 11.3 Å². The highest BCUT2D eigenvalue weighted by atomic mass is 79.9. The first-order valence-electron chi connectivity index (χ1n) is 4.70. The smallest absolute Gasteiger partial charge is 0.231 e. The van der Waals surface area contributed by atoms with Crippen LogP contribution in [-0.4, -0.2) is 23.6 Å². The summed E-state index contributed by atoms with van der Waals surface area (Å²) in [6.45, 7) is 2.59. The molecule has 2 rings (SSSR count). The highest BCUT2D eigenvalue weighted by Gasteiger charge is 2.31. The van der Waals surface area contributed by atoms with Gasteiger partial charge in [0.15, 0.2) is 5.13 Å². The van der Waals surface area contributed by atoms with Crippen molar-refractivity contribution in [2.75, 3.05) is 11.9 Å². The van der Waals surface area contributed by atoms with Crippen LogP contribution in [0.15, 0.2) is 9.98 Å². The van der Waals surface area contributed by atoms with Crippen molar-refractivity contribution < 1.29 is 9.53 Å². The molecule has 0 aromatic carbocycles. The first-order valence-corrected chi connectivity index (χ1v) is 6.31. The number of ether oxygens (including phenoxy) is 1. The van der Waals surface area contributed by atoms with E-state index in [-0.39, 0.29) is 17.9 Å². The molecule has 1 fully saturated rings. The van der Waals surface area contributed by atoms with Gasteiger partial charge in [-0.3, -0.25) is 4.79 Å². The number of nitrogens with zero attached hydrogens (tertiary/aromatic N) is 1. The third kappa shape index (κ3) is 2.56. The zero-order chi connectivity index (χ0) is 10.8. The Bertz CT molecular complexity index is 369. The maximum absolute atomic E-state index is 11.8. The summed E-state index contributed by atoms with van der Waals surface area (Å²) < 4.78 is 6.25. The van der Waals surface area contributed by atoms with Gasteiger partial charge in [-0.25, -0.2) is 4.98 Å². The van der Waals surface area contributed by atoms with Gasteiger partial charge in [-0.15, -0.1) is 0 Å². The molecule has 1 aromatic rings. The summed E-state index contributed by atoms with van der Waals surface area (Å²) in [6.07, 6.45) is 2.47. The van der Waals surface area contributed by atoms with E-state index in [1.54, 1.807) is 6.20 Å². The summed E-state index contributed by atoms with van der Waals surface area (Å²) in [5.41, 5.74) is 0. The quantitative estimate of drug-likeness (QED) is 0.909. The minimum absolute atomic E-state index is 0.00171. The zero-order valence-electron chi connectivity index (χ0n) is 8.20. The van der Waals surface area contributed by atoms with Crippen LogP contribution in [0, 0.1) is 5.92 Å². The fourth-order valence-corrected chi connectivity index (χ4v) is 2.70. The van der Waals surface area contributed by atoms with Crippen LogP contribution in [0.1, 0.15) is 13.3 Å². The van der Waals surface area contributed by atoms with Crippen molar-refractivity contribution in [3.63, 3.8) is 0 Å². The highest BCUT2D eigenvalue weighted by Crippen LogP contribution is 2.26. The number of amides is 1. The lowest BCUT2D eigenvalue weighted by Crippen LogP contribution is -2.27. The Balaban J connectivity index is 1.97. The fraction of sp³-hybridized carbons (Fsp3) is 0.556. The number of rotatable bonds is 2. The first-order chi connectivity index (χ1) is 7.16. The van der Waals surface area contributed by atoms with Gasteiger partial charge in [0.1, 0.15) is 0 Å². The third-order valence-electron chi connectivity index (χ3n) is 2.42. The zero-order valence-corrected chi connectivity index (χ0v) is 10.6. The van der Waals surface area contributed by atoms with Crippen molar-refractivity contribution in [3.05, 3.63) is 9.98 Å². The molecule has 1 aliphatic heterocycles. The minimum atomic E-state index is -0.0484. The van der Waals surface area contributed by atoms with Crippen LogP contribution in [0.5, 0.6) is 0 Å². The molecule has 1 amide bonds. The molecule has 1 aromatic heterocycles. The number of hydrogen-bond acceptors (Lipinski definition) is 4. The third-order valence-corrected chi connectivity index (χ3v) is 3.81. The molecule has 0 saturated carbocycles. The number of carbonyl (C=O) groups excluding carboxylic acids is 1. The lowest BCUT2D eigenvalue weighted by atomic mass is 10.0. The average Bonchev–Trinajstić information content (AvgIpc) is 2.75. The number of nitrogens with one attached hydrogen (secondary N) is 1. The molecule has 6 heteroatoms. The molecule has 82 valence electrons. The van der Waals surface area contributed by atoms with Gasteiger partial charge in [0.25, 0.3) is 0 Å². The monoisotopic (exact) mass is 290 g/mol. The van der Waals surface area contributed by atoms with Crippen LogP contribution >= 0.6 is 27.3 Å². The molecular formula is C9H11BrN2O2S. The standard InChI is InChI=1S/C9H11BrN2O2S/c1-5-6(2-3-14-5)8(13)12-9-11-4-7(10)15-9/h4-6H,2-3H2,1H3,(H,11,12,13). The molecule has 1 saturated heterocycles. The van der Waals surface area contributed by atoms with Gasteiger partial charge in [0.2, 0.25) is 5.91 Å². The molecule has 1 aliphatic rings. The van der Waals surface area contributed by atoms with Gasteiger partial charge in [-0.1, -0.05) is 11.3 Å². The molecule has 15 heavy (non-hydrogen) atoms. The highest BCUT2D eigenvalue weighted by molar-refractivity contribution is 9.11. The molecule has 2 unspecified atom stereocenters. The SMILES string of the molecule is CC1OCCC1C(=O)Nc1ncc(Br)s1. The second-order valence-corrected chi connectivity index (χ2v) is 5.84. The molecule has 0 spiro atoms. The predicted octanol–water partition coefficient (Wildman–Crippen LogP) is 2.27. The van der Waals surface area contributed by atoms with Crippen molar-refractivity contribution in [1.29, 1.82) is 0 Å². The number of thiazole rings is 1. The second-order valence-electron chi connectivity index (χ2n) is 3.43. The van der Waals surface area contributed by atoms with Gasteiger partial charge in [0.05, 0.1) is 22.0 Å². The van der Waals surface area contributed by atoms with E-state index in [2.05, 4.69) is 26.2 Å². The Hall–Kier alpha value is -0.460. The molecule has 4 nitrogen and oxygen atoms in total. The van der Waals surface area contributed by atoms with Crippen LogP contribution in [-0.2, 0) is 9.53 Å². The van der Waals surface area contributed by atoms with E-state index in [4.69, 9.17) is 4.74 Å². The molecule has 0 bridgehead atoms. The summed E-state index contributed by atoms with van der Waals surface area (Å²) in [5, 5.41) is 3.42. The number of aromatic nitrogens is 1. The Kier molecular flexibility index (Phi) is 3.38. The normalized spacial score (nSPS) is 25.5. The van der Waals surface area contributed by atoms with Gasteiger partial charge in [0, 0.05) is 6.61 Å². The summed E-state index contributed by atoms with van der Waals surface area (Å²) in [7, 11) is 0. The second kappa shape index (κ2) is 4.59. The number of carbonyl (C=O) groups is 1. The van der Waals surface area contributed by atoms with E-state index >= 15 is 0 Å². The van der Waals surface area contributed by atoms with E-state index in [0.29, 0.717) is 11.7 Å². The summed E-state index contributed by atoms with van der Waals surface area (Å²) in [5.74, 6) is -0.0467. The van der Waals surface area contributed by atoms with E-state index in [0.717, 1.165) is 10.2 Å². The maximum atomic E-state index is 11.8. The van der Waals surface area contributed by atoms with Crippen LogP contribution in [0.4, 0.5) is 5.13 Å². The van der Waals surface area contributed by atoms with Crippen LogP contribution in [0.2, 0.25) is 0 Å². The number of anilines is 1. The predicted molar refractivity (Wildman–Crippen MR) is 62.0 cm³/mol. The summed E-state index contributed by atoms with van der Waals surface area (Å²) >= 11 is 4.71. The van der Waals surface area contributed by atoms with Crippen molar-refractivity contribution in [1.82, 2.24) is 4.98 Å². The number of halogens is 1. The Morgan fingerprint density at radius 3 is 3.13 bits per heavy atom. The average molecular weight is 291 g/mol. The van der Waals surface area contributed by atoms with E-state index in [9.17, 15) is 4.79 Å². The van der Waals surface area contributed by atoms with Crippen molar-refractivity contribution >= 4 is 38.3 Å². The molecule has 0 radical (unpaired) electrons. The molecule has 2 atom stereocenters. The minimum Gasteiger partial charge on any atom is -0.378 e. The summed E-state index contributed by atoms with van der Waals surface area (Å²) in [6, 6.07) is 0. The molecule has 2 heterocycles. The van der Waals surface area contributed by atoms with Gasteiger partial charge in [-0.05, 0) is 29.3 Å². The Morgan fingerprint density at radius 2 is 2.60 bits per heavy atom. The van der Waals surface area contributed by atoms with Gasteiger partial charge >= 0.3 is 0 Å². The van der Waals surface area contributed by atoms with Crippen LogP contribution in [0.25, 0.3) is 0 Å². The van der Waals surface area contributed by atoms with E-state index in [1.807, 2.05) is 6.92 Å². The van der Waals surface area contributed by atoms with Gasteiger partial charge in [-0.2, -0.15) is 0 Å². The van der Waals surface area contributed by atoms with Crippen molar-refractivity contribution in [3.8, 4) is 0 Å². The summed E-state index contributed by atoms with van der Waals surface area (Å²) in [4.78, 5) is 15.8. The van der Waals surface area contributed by atoms with Gasteiger partial charge < -0.3 is 10.1 Å². The maximum Gasteiger partial charge on any atom is 0.231 e. The van der Waals surface area contributed by atoms with Crippen LogP contribution < -0.4 is 5.32 Å². The van der Waals surface area contributed by atoms with Crippen LogP contribution in [0.3, 0.4) is 0 Å². The molecule has 0 aliphatic carbocycles. The first kappa shape index (κ1) is 11.0. The largest absolute Gasteiger partial charge is 0.378 e.